The van der Waals surface area contributed by atoms with Gasteiger partial charge in [0.25, 0.3) is 5.91 Å². The van der Waals surface area contributed by atoms with E-state index in [0.29, 0.717) is 31.9 Å². The number of methoxy groups -OCH3 is 1. The van der Waals surface area contributed by atoms with E-state index in [1.54, 1.807) is 47.9 Å². The second kappa shape index (κ2) is 9.52. The van der Waals surface area contributed by atoms with Gasteiger partial charge >= 0.3 is 0 Å². The number of hydrogen-bond donors (Lipinski definition) is 1. The summed E-state index contributed by atoms with van der Waals surface area (Å²) >= 11 is 0. The van der Waals surface area contributed by atoms with Gasteiger partial charge in [0, 0.05) is 26.2 Å². The fourth-order valence-corrected chi connectivity index (χ4v) is 4.68. The monoisotopic (exact) mass is 449 g/mol. The molecule has 1 aromatic carbocycles. The zero-order valence-electron chi connectivity index (χ0n) is 17.8. The molecule has 3 rings (SSSR count). The second-order valence-corrected chi connectivity index (χ2v) is 9.33. The molecule has 1 aliphatic rings. The summed E-state index contributed by atoms with van der Waals surface area (Å²) in [5, 5.41) is 0. The Hall–Kier alpha value is -2.85. The van der Waals surface area contributed by atoms with Gasteiger partial charge in [-0.05, 0) is 42.3 Å². The molecule has 1 atom stereocenters. The third kappa shape index (κ3) is 5.26. The molecule has 2 heterocycles. The Bertz CT molecular complexity index is 994. The first-order valence-electron chi connectivity index (χ1n) is 10.0. The number of rotatable bonds is 7. The van der Waals surface area contributed by atoms with Crippen molar-refractivity contribution in [3.05, 3.63) is 48.4 Å². The van der Waals surface area contributed by atoms with E-state index in [1.807, 2.05) is 0 Å². The standard InChI is InChI=1S/C21H27N3O6S/c1-15(2)19(22-31(27,28)17-8-6-16(29-3)7-9-17)21(26)24-12-10-23(11-13-24)20(25)18-5-4-14-30-18/h4-9,14-15,19,22H,10-13H2,1-3H3/t19-/m0/s1. The van der Waals surface area contributed by atoms with Gasteiger partial charge in [0.2, 0.25) is 15.9 Å². The van der Waals surface area contributed by atoms with Gasteiger partial charge in [0.05, 0.1) is 18.3 Å². The van der Waals surface area contributed by atoms with Gasteiger partial charge in [0.15, 0.2) is 5.76 Å². The number of furan rings is 1. The Balaban J connectivity index is 1.66. The van der Waals surface area contributed by atoms with E-state index in [1.165, 1.54) is 25.5 Å². The molecule has 1 N–H and O–H groups in total. The largest absolute Gasteiger partial charge is 0.497 e. The maximum Gasteiger partial charge on any atom is 0.289 e. The Kier molecular flexibility index (Phi) is 7.01. The van der Waals surface area contributed by atoms with Crippen molar-refractivity contribution >= 4 is 21.8 Å². The van der Waals surface area contributed by atoms with E-state index in [0.717, 1.165) is 0 Å². The summed E-state index contributed by atoms with van der Waals surface area (Å²) in [7, 11) is -2.40. The second-order valence-electron chi connectivity index (χ2n) is 7.61. The van der Waals surface area contributed by atoms with Crippen LogP contribution in [0.2, 0.25) is 0 Å². The molecule has 0 aliphatic carbocycles. The van der Waals surface area contributed by atoms with Crippen LogP contribution < -0.4 is 9.46 Å². The molecule has 0 unspecified atom stereocenters. The Morgan fingerprint density at radius 1 is 1.03 bits per heavy atom. The van der Waals surface area contributed by atoms with Crippen LogP contribution in [0.5, 0.6) is 5.75 Å². The predicted octanol–water partition coefficient (Wildman–Crippen LogP) is 1.58. The molecular weight excluding hydrogens is 422 g/mol. The van der Waals surface area contributed by atoms with Crippen LogP contribution in [0.1, 0.15) is 24.4 Å². The highest BCUT2D eigenvalue weighted by molar-refractivity contribution is 7.89. The minimum atomic E-state index is -3.90. The molecule has 9 nitrogen and oxygen atoms in total. The normalized spacial score (nSPS) is 15.7. The Labute approximate surface area is 182 Å². The van der Waals surface area contributed by atoms with Crippen molar-refractivity contribution in [2.24, 2.45) is 5.92 Å². The number of benzene rings is 1. The topological polar surface area (TPSA) is 109 Å². The van der Waals surface area contributed by atoms with Crippen LogP contribution in [0.3, 0.4) is 0 Å². The van der Waals surface area contributed by atoms with E-state index in [-0.39, 0.29) is 28.4 Å². The van der Waals surface area contributed by atoms with Crippen molar-refractivity contribution in [3.63, 3.8) is 0 Å². The van der Waals surface area contributed by atoms with Crippen LogP contribution in [-0.4, -0.2) is 69.4 Å². The molecule has 31 heavy (non-hydrogen) atoms. The van der Waals surface area contributed by atoms with Gasteiger partial charge in [-0.15, -0.1) is 0 Å². The number of carbonyl (C=O) groups is 2. The molecule has 0 spiro atoms. The fraction of sp³-hybridized carbons (Fsp3) is 0.429. The Morgan fingerprint density at radius 2 is 1.65 bits per heavy atom. The fourth-order valence-electron chi connectivity index (χ4n) is 3.34. The third-order valence-corrected chi connectivity index (χ3v) is 6.65. The molecule has 10 heteroatoms. The van der Waals surface area contributed by atoms with Gasteiger partial charge < -0.3 is 19.0 Å². The number of nitrogens with zero attached hydrogens (tertiary/aromatic N) is 2. The average molecular weight is 450 g/mol. The molecule has 0 saturated carbocycles. The Morgan fingerprint density at radius 3 is 2.16 bits per heavy atom. The number of hydrogen-bond acceptors (Lipinski definition) is 6. The van der Waals surface area contributed by atoms with Crippen LogP contribution in [0, 0.1) is 5.92 Å². The quantitative estimate of drug-likeness (QED) is 0.687. The van der Waals surface area contributed by atoms with Crippen molar-refractivity contribution in [2.45, 2.75) is 24.8 Å². The van der Waals surface area contributed by atoms with E-state index < -0.39 is 16.1 Å². The van der Waals surface area contributed by atoms with Gasteiger partial charge in [-0.25, -0.2) is 8.42 Å². The first-order valence-corrected chi connectivity index (χ1v) is 11.5. The minimum Gasteiger partial charge on any atom is -0.497 e. The number of ether oxygens (including phenoxy) is 1. The highest BCUT2D eigenvalue weighted by Crippen LogP contribution is 2.18. The summed E-state index contributed by atoms with van der Waals surface area (Å²) < 4.78 is 38.4. The molecule has 0 radical (unpaired) electrons. The average Bonchev–Trinajstić information content (AvgIpc) is 3.31. The maximum absolute atomic E-state index is 13.1. The maximum atomic E-state index is 13.1. The smallest absolute Gasteiger partial charge is 0.289 e. The molecule has 1 saturated heterocycles. The molecular formula is C21H27N3O6S. The van der Waals surface area contributed by atoms with E-state index in [4.69, 9.17) is 9.15 Å². The number of piperazine rings is 1. The zero-order chi connectivity index (χ0) is 22.6. The van der Waals surface area contributed by atoms with Crippen molar-refractivity contribution in [3.8, 4) is 5.75 Å². The first kappa shape index (κ1) is 22.8. The van der Waals surface area contributed by atoms with Crippen molar-refractivity contribution < 1.29 is 27.2 Å². The van der Waals surface area contributed by atoms with Crippen LogP contribution in [-0.2, 0) is 14.8 Å². The zero-order valence-corrected chi connectivity index (χ0v) is 18.6. The molecule has 168 valence electrons. The van der Waals surface area contributed by atoms with Crippen LogP contribution in [0.25, 0.3) is 0 Å². The van der Waals surface area contributed by atoms with Crippen molar-refractivity contribution in [1.82, 2.24) is 14.5 Å². The molecule has 1 aromatic heterocycles. The number of carbonyl (C=O) groups excluding carboxylic acids is 2. The lowest BCUT2D eigenvalue weighted by Gasteiger charge is -2.37. The molecule has 2 aromatic rings. The summed E-state index contributed by atoms with van der Waals surface area (Å²) in [6.45, 7) is 4.91. The van der Waals surface area contributed by atoms with Gasteiger partial charge in [-0.2, -0.15) is 4.72 Å². The van der Waals surface area contributed by atoms with E-state index >= 15 is 0 Å². The van der Waals surface area contributed by atoms with Crippen molar-refractivity contribution in [2.75, 3.05) is 33.3 Å². The van der Waals surface area contributed by atoms with Gasteiger partial charge in [0.1, 0.15) is 11.8 Å². The van der Waals surface area contributed by atoms with Gasteiger partial charge in [-0.3, -0.25) is 9.59 Å². The molecule has 0 bridgehead atoms. The van der Waals surface area contributed by atoms with Crippen LogP contribution in [0.4, 0.5) is 0 Å². The number of amides is 2. The van der Waals surface area contributed by atoms with E-state index in [9.17, 15) is 18.0 Å². The lowest BCUT2D eigenvalue weighted by molar-refractivity contribution is -0.135. The van der Waals surface area contributed by atoms with Crippen molar-refractivity contribution in [1.29, 1.82) is 0 Å². The predicted molar refractivity (Wildman–Crippen MR) is 113 cm³/mol. The minimum absolute atomic E-state index is 0.0561. The summed E-state index contributed by atoms with van der Waals surface area (Å²) in [5.41, 5.74) is 0. The molecule has 1 fully saturated rings. The first-order chi connectivity index (χ1) is 14.7. The summed E-state index contributed by atoms with van der Waals surface area (Å²) in [4.78, 5) is 28.8. The summed E-state index contributed by atoms with van der Waals surface area (Å²) in [6, 6.07) is 8.30. The number of sulfonamides is 1. The van der Waals surface area contributed by atoms with Crippen LogP contribution >= 0.6 is 0 Å². The molecule has 2 amide bonds. The van der Waals surface area contributed by atoms with Gasteiger partial charge in [-0.1, -0.05) is 13.8 Å². The SMILES string of the molecule is COc1ccc(S(=O)(=O)N[C@H](C(=O)N2CCN(C(=O)c3ccco3)CC2)C(C)C)cc1. The van der Waals surface area contributed by atoms with E-state index in [2.05, 4.69) is 4.72 Å². The lowest BCUT2D eigenvalue weighted by atomic mass is 10.0. The lowest BCUT2D eigenvalue weighted by Crippen LogP contribution is -2.57. The summed E-state index contributed by atoms with van der Waals surface area (Å²) in [6.07, 6.45) is 1.44. The van der Waals surface area contributed by atoms with Crippen LogP contribution in [0.15, 0.2) is 52.0 Å². The highest BCUT2D eigenvalue weighted by Gasteiger charge is 2.34. The number of nitrogens with one attached hydrogen (secondary N) is 1. The highest BCUT2D eigenvalue weighted by atomic mass is 32.2. The summed E-state index contributed by atoms with van der Waals surface area (Å²) in [5.74, 6) is 0.00249. The third-order valence-electron chi connectivity index (χ3n) is 5.20. The molecule has 1 aliphatic heterocycles.